The highest BCUT2D eigenvalue weighted by Gasteiger charge is 2.22. The number of hydrogen-bond donors (Lipinski definition) is 1. The minimum Gasteiger partial charge on any atom is -0.388 e. The third kappa shape index (κ3) is 3.08. The highest BCUT2D eigenvalue weighted by molar-refractivity contribution is 9.11. The summed E-state index contributed by atoms with van der Waals surface area (Å²) in [4.78, 5) is 0. The number of halogens is 2. The molecule has 0 aliphatic heterocycles. The van der Waals surface area contributed by atoms with E-state index in [0.717, 1.165) is 14.5 Å². The molecule has 0 saturated carbocycles. The van der Waals surface area contributed by atoms with E-state index >= 15 is 0 Å². The molecule has 0 aliphatic rings. The molecule has 0 spiro atoms. The van der Waals surface area contributed by atoms with Crippen molar-refractivity contribution in [1.29, 1.82) is 0 Å². The molecule has 0 saturated heterocycles. The van der Waals surface area contributed by atoms with Crippen molar-refractivity contribution in [2.75, 3.05) is 0 Å². The average Bonchev–Trinajstić information content (AvgIpc) is 2.21. The SMILES string of the molecule is Cc1cc(Br)c(C(O)C(C)C(C)C)cc1Br. The summed E-state index contributed by atoms with van der Waals surface area (Å²) in [6.07, 6.45) is -0.425. The Hall–Kier alpha value is 0.140. The van der Waals surface area contributed by atoms with Gasteiger partial charge in [-0.15, -0.1) is 0 Å². The highest BCUT2D eigenvalue weighted by atomic mass is 79.9. The normalized spacial score (nSPS) is 15.2. The van der Waals surface area contributed by atoms with E-state index in [4.69, 9.17) is 0 Å². The molecule has 1 aromatic carbocycles. The van der Waals surface area contributed by atoms with E-state index in [1.54, 1.807) is 0 Å². The highest BCUT2D eigenvalue weighted by Crippen LogP contribution is 2.35. The lowest BCUT2D eigenvalue weighted by atomic mass is 9.88. The molecule has 2 unspecified atom stereocenters. The smallest absolute Gasteiger partial charge is 0.0829 e. The van der Waals surface area contributed by atoms with Crippen molar-refractivity contribution in [2.24, 2.45) is 11.8 Å². The summed E-state index contributed by atoms with van der Waals surface area (Å²) < 4.78 is 2.02. The van der Waals surface area contributed by atoms with Gasteiger partial charge in [-0.1, -0.05) is 52.6 Å². The number of aliphatic hydroxyl groups excluding tert-OH is 1. The lowest BCUT2D eigenvalue weighted by Crippen LogP contribution is -2.15. The van der Waals surface area contributed by atoms with Crippen LogP contribution in [0.4, 0.5) is 0 Å². The van der Waals surface area contributed by atoms with Crippen LogP contribution in [0.2, 0.25) is 0 Å². The molecule has 0 amide bonds. The van der Waals surface area contributed by atoms with Crippen molar-refractivity contribution < 1.29 is 5.11 Å². The molecule has 16 heavy (non-hydrogen) atoms. The number of aliphatic hydroxyl groups is 1. The second-order valence-corrected chi connectivity index (χ2v) is 6.38. The standard InChI is InChI=1S/C13H18Br2O/c1-7(2)9(4)13(16)10-6-11(14)8(3)5-12(10)15/h5-7,9,13,16H,1-4H3. The molecule has 2 atom stereocenters. The van der Waals surface area contributed by atoms with Gasteiger partial charge >= 0.3 is 0 Å². The first-order chi connectivity index (χ1) is 7.34. The molecule has 3 heteroatoms. The van der Waals surface area contributed by atoms with Gasteiger partial charge < -0.3 is 5.11 Å². The quantitative estimate of drug-likeness (QED) is 0.827. The van der Waals surface area contributed by atoms with Crippen LogP contribution in [-0.4, -0.2) is 5.11 Å². The van der Waals surface area contributed by atoms with E-state index in [1.165, 1.54) is 5.56 Å². The zero-order chi connectivity index (χ0) is 12.5. The van der Waals surface area contributed by atoms with E-state index in [9.17, 15) is 5.11 Å². The second-order valence-electron chi connectivity index (χ2n) is 4.67. The first-order valence-corrected chi connectivity index (χ1v) is 7.06. The van der Waals surface area contributed by atoms with Crippen LogP contribution in [-0.2, 0) is 0 Å². The maximum Gasteiger partial charge on any atom is 0.0829 e. The van der Waals surface area contributed by atoms with Crippen LogP contribution in [0.1, 0.15) is 38.0 Å². The third-order valence-corrected chi connectivity index (χ3v) is 4.69. The lowest BCUT2D eigenvalue weighted by Gasteiger charge is -2.24. The summed E-state index contributed by atoms with van der Waals surface area (Å²) in [6, 6.07) is 4.04. The van der Waals surface area contributed by atoms with Crippen LogP contribution < -0.4 is 0 Å². The van der Waals surface area contributed by atoms with Crippen molar-refractivity contribution in [2.45, 2.75) is 33.8 Å². The van der Waals surface area contributed by atoms with Crippen molar-refractivity contribution in [3.05, 3.63) is 32.2 Å². The maximum absolute atomic E-state index is 10.3. The molecular formula is C13H18Br2O. The molecule has 0 aliphatic carbocycles. The van der Waals surface area contributed by atoms with E-state index < -0.39 is 6.10 Å². The zero-order valence-electron chi connectivity index (χ0n) is 10.1. The molecule has 0 heterocycles. The number of rotatable bonds is 3. The first kappa shape index (κ1) is 14.2. The summed E-state index contributed by atoms with van der Waals surface area (Å²) in [7, 11) is 0. The van der Waals surface area contributed by atoms with Crippen LogP contribution >= 0.6 is 31.9 Å². The minimum absolute atomic E-state index is 0.242. The topological polar surface area (TPSA) is 20.2 Å². The molecule has 1 rings (SSSR count). The Morgan fingerprint density at radius 3 is 2.12 bits per heavy atom. The van der Waals surface area contributed by atoms with Gasteiger partial charge in [-0.05, 0) is 42.0 Å². The van der Waals surface area contributed by atoms with Crippen LogP contribution in [0.25, 0.3) is 0 Å². The molecule has 1 N–H and O–H groups in total. The van der Waals surface area contributed by atoms with Crippen LogP contribution in [0.15, 0.2) is 21.1 Å². The Morgan fingerprint density at radius 2 is 1.62 bits per heavy atom. The largest absolute Gasteiger partial charge is 0.388 e. The summed E-state index contributed by atoms with van der Waals surface area (Å²) in [5.41, 5.74) is 2.12. The van der Waals surface area contributed by atoms with Gasteiger partial charge in [0, 0.05) is 8.95 Å². The molecule has 90 valence electrons. The van der Waals surface area contributed by atoms with Crippen LogP contribution in [0, 0.1) is 18.8 Å². The van der Waals surface area contributed by atoms with Gasteiger partial charge in [0.2, 0.25) is 0 Å². The number of aryl methyl sites for hydroxylation is 1. The van der Waals surface area contributed by atoms with E-state index in [0.29, 0.717) is 5.92 Å². The Bertz CT molecular complexity index is 374. The Balaban J connectivity index is 3.08. The zero-order valence-corrected chi connectivity index (χ0v) is 13.3. The van der Waals surface area contributed by atoms with Gasteiger partial charge in [-0.25, -0.2) is 0 Å². The van der Waals surface area contributed by atoms with Gasteiger partial charge in [-0.3, -0.25) is 0 Å². The van der Waals surface area contributed by atoms with E-state index in [2.05, 4.69) is 52.6 Å². The van der Waals surface area contributed by atoms with Crippen molar-refractivity contribution in [3.63, 3.8) is 0 Å². The third-order valence-electron chi connectivity index (χ3n) is 3.15. The monoisotopic (exact) mass is 348 g/mol. The van der Waals surface area contributed by atoms with Gasteiger partial charge in [0.1, 0.15) is 0 Å². The Kier molecular flexibility index (Phi) is 5.02. The van der Waals surface area contributed by atoms with Crippen molar-refractivity contribution >= 4 is 31.9 Å². The van der Waals surface area contributed by atoms with E-state index in [-0.39, 0.29) is 5.92 Å². The summed E-state index contributed by atoms with van der Waals surface area (Å²) in [5.74, 6) is 0.702. The molecule has 0 radical (unpaired) electrons. The van der Waals surface area contributed by atoms with Crippen LogP contribution in [0.5, 0.6) is 0 Å². The minimum atomic E-state index is -0.425. The van der Waals surface area contributed by atoms with Gasteiger partial charge in [0.25, 0.3) is 0 Å². The fourth-order valence-electron chi connectivity index (χ4n) is 1.54. The number of hydrogen-bond acceptors (Lipinski definition) is 1. The van der Waals surface area contributed by atoms with Gasteiger partial charge in [-0.2, -0.15) is 0 Å². The second kappa shape index (κ2) is 5.65. The van der Waals surface area contributed by atoms with Crippen molar-refractivity contribution in [3.8, 4) is 0 Å². The average molecular weight is 350 g/mol. The molecular weight excluding hydrogens is 332 g/mol. The predicted octanol–water partition coefficient (Wildman–Crippen LogP) is 4.85. The predicted molar refractivity (Wildman–Crippen MR) is 75.5 cm³/mol. The van der Waals surface area contributed by atoms with E-state index in [1.807, 2.05) is 19.1 Å². The molecule has 1 aromatic rings. The molecule has 1 nitrogen and oxygen atoms in total. The fourth-order valence-corrected chi connectivity index (χ4v) is 2.59. The maximum atomic E-state index is 10.3. The van der Waals surface area contributed by atoms with Gasteiger partial charge in [0.05, 0.1) is 6.10 Å². The van der Waals surface area contributed by atoms with Crippen molar-refractivity contribution in [1.82, 2.24) is 0 Å². The summed E-state index contributed by atoms with van der Waals surface area (Å²) in [5, 5.41) is 10.3. The lowest BCUT2D eigenvalue weighted by molar-refractivity contribution is 0.0914. The summed E-state index contributed by atoms with van der Waals surface area (Å²) >= 11 is 7.02. The molecule has 0 aromatic heterocycles. The van der Waals surface area contributed by atoms with Crippen LogP contribution in [0.3, 0.4) is 0 Å². The summed E-state index contributed by atoms with van der Waals surface area (Å²) in [6.45, 7) is 8.38. The Labute approximate surface area is 115 Å². The first-order valence-electron chi connectivity index (χ1n) is 5.48. The fraction of sp³-hybridized carbons (Fsp3) is 0.538. The Morgan fingerprint density at radius 1 is 1.06 bits per heavy atom. The number of benzene rings is 1. The molecule has 0 fully saturated rings. The molecule has 0 bridgehead atoms. The van der Waals surface area contributed by atoms with Gasteiger partial charge in [0.15, 0.2) is 0 Å².